The number of nitrogens with zero attached hydrogens (tertiary/aromatic N) is 4. The minimum Gasteiger partial charge on any atom is -0.292 e. The number of carbonyl (C=O) groups is 3. The number of carbonyl (C=O) groups excluding carboxylic acids is 3. The fourth-order valence-corrected chi connectivity index (χ4v) is 3.77. The van der Waals surface area contributed by atoms with Crippen molar-refractivity contribution in [3.8, 4) is 11.1 Å². The molecule has 1 N–H and O–H groups in total. The molecule has 0 saturated heterocycles. The fraction of sp³-hybridized carbons (Fsp3) is 0.0870. The molecule has 0 unspecified atom stereocenters. The van der Waals surface area contributed by atoms with E-state index in [1.807, 2.05) is 0 Å². The zero-order valence-corrected chi connectivity index (χ0v) is 17.2. The molecule has 2 aromatic heterocycles. The number of rotatable bonds is 4. The summed E-state index contributed by atoms with van der Waals surface area (Å²) < 4.78 is 41.3. The van der Waals surface area contributed by atoms with Gasteiger partial charge in [-0.15, -0.1) is 5.10 Å². The van der Waals surface area contributed by atoms with Crippen molar-refractivity contribution < 1.29 is 27.6 Å². The number of anilines is 1. The molecule has 5 rings (SSSR count). The van der Waals surface area contributed by atoms with Gasteiger partial charge in [0, 0.05) is 11.8 Å². The highest BCUT2D eigenvalue weighted by Crippen LogP contribution is 2.36. The summed E-state index contributed by atoms with van der Waals surface area (Å²) in [6, 6.07) is 14.3. The molecule has 4 aromatic rings. The van der Waals surface area contributed by atoms with Gasteiger partial charge < -0.3 is 0 Å². The van der Waals surface area contributed by atoms with Crippen LogP contribution in [0.5, 0.6) is 0 Å². The van der Waals surface area contributed by atoms with Crippen molar-refractivity contribution in [2.45, 2.75) is 6.18 Å². The van der Waals surface area contributed by atoms with Crippen molar-refractivity contribution >= 4 is 29.3 Å². The van der Waals surface area contributed by atoms with E-state index in [1.54, 1.807) is 12.1 Å². The molecule has 11 heteroatoms. The highest BCUT2D eigenvalue weighted by atomic mass is 19.4. The SMILES string of the molecule is O=C(CN1C(=O)c2ccccc2C1=O)Nc1nc2ccc(-c3ccccc3C(F)(F)F)cn2n1. The van der Waals surface area contributed by atoms with Gasteiger partial charge in [-0.1, -0.05) is 30.3 Å². The van der Waals surface area contributed by atoms with Gasteiger partial charge in [-0.25, -0.2) is 4.52 Å². The predicted molar refractivity (Wildman–Crippen MR) is 114 cm³/mol. The Morgan fingerprint density at radius 3 is 2.15 bits per heavy atom. The van der Waals surface area contributed by atoms with Crippen molar-refractivity contribution in [3.05, 3.63) is 83.6 Å². The molecule has 3 amide bonds. The van der Waals surface area contributed by atoms with E-state index in [1.165, 1.54) is 53.2 Å². The molecule has 170 valence electrons. The van der Waals surface area contributed by atoms with Crippen LogP contribution in [-0.4, -0.2) is 43.8 Å². The summed E-state index contributed by atoms with van der Waals surface area (Å²) in [6.45, 7) is -0.536. The van der Waals surface area contributed by atoms with Gasteiger partial charge >= 0.3 is 6.18 Å². The number of halogens is 3. The van der Waals surface area contributed by atoms with Crippen molar-refractivity contribution in [2.75, 3.05) is 11.9 Å². The molecule has 2 aromatic carbocycles. The van der Waals surface area contributed by atoms with E-state index in [2.05, 4.69) is 15.4 Å². The zero-order valence-electron chi connectivity index (χ0n) is 17.2. The number of alkyl halides is 3. The molecule has 8 nitrogen and oxygen atoms in total. The summed E-state index contributed by atoms with van der Waals surface area (Å²) in [5.74, 6) is -1.98. The summed E-state index contributed by atoms with van der Waals surface area (Å²) in [7, 11) is 0. The maximum absolute atomic E-state index is 13.4. The molecule has 0 atom stereocenters. The van der Waals surface area contributed by atoms with Crippen molar-refractivity contribution in [1.82, 2.24) is 19.5 Å². The van der Waals surface area contributed by atoms with Gasteiger partial charge in [0.05, 0.1) is 16.7 Å². The first-order valence-corrected chi connectivity index (χ1v) is 10.0. The second-order valence-corrected chi connectivity index (χ2v) is 7.49. The van der Waals surface area contributed by atoms with E-state index in [0.717, 1.165) is 11.0 Å². The van der Waals surface area contributed by atoms with Gasteiger partial charge in [-0.05, 0) is 35.9 Å². The van der Waals surface area contributed by atoms with E-state index < -0.39 is 36.0 Å². The van der Waals surface area contributed by atoms with Crippen LogP contribution in [0.4, 0.5) is 19.1 Å². The number of hydrogen-bond acceptors (Lipinski definition) is 5. The number of amides is 3. The van der Waals surface area contributed by atoms with Crippen LogP contribution >= 0.6 is 0 Å². The van der Waals surface area contributed by atoms with Crippen molar-refractivity contribution in [1.29, 1.82) is 0 Å². The molecule has 0 fully saturated rings. The molecule has 0 spiro atoms. The fourth-order valence-electron chi connectivity index (χ4n) is 3.77. The normalized spacial score (nSPS) is 13.4. The van der Waals surface area contributed by atoms with Gasteiger partial charge in [0.25, 0.3) is 11.8 Å². The Morgan fingerprint density at radius 1 is 0.882 bits per heavy atom. The number of aromatic nitrogens is 3. The summed E-state index contributed by atoms with van der Waals surface area (Å²) in [5, 5.41) is 6.50. The van der Waals surface area contributed by atoms with Gasteiger partial charge in [-0.3, -0.25) is 24.6 Å². The molecule has 0 aliphatic carbocycles. The average Bonchev–Trinajstić information content (AvgIpc) is 3.32. The molecule has 0 radical (unpaired) electrons. The first-order valence-electron chi connectivity index (χ1n) is 10.0. The molecule has 0 saturated carbocycles. The Kier molecular flexibility index (Phi) is 4.89. The standard InChI is InChI=1S/C23H14F3N5O3/c24-23(25,26)17-8-4-3-5-14(17)13-9-10-18-27-22(29-31(18)11-13)28-19(32)12-30-20(33)15-6-1-2-7-16(15)21(30)34/h1-11H,12H2,(H,28,29,32). The topological polar surface area (TPSA) is 96.7 Å². The van der Waals surface area contributed by atoms with Crippen LogP contribution < -0.4 is 5.32 Å². The molecular formula is C23H14F3N5O3. The molecule has 1 aliphatic rings. The lowest BCUT2D eigenvalue weighted by molar-refractivity contribution is -0.137. The van der Waals surface area contributed by atoms with Gasteiger partial charge in [-0.2, -0.15) is 18.2 Å². The predicted octanol–water partition coefficient (Wildman–Crippen LogP) is 3.65. The van der Waals surface area contributed by atoms with E-state index in [4.69, 9.17) is 0 Å². The van der Waals surface area contributed by atoms with Crippen LogP contribution in [0.1, 0.15) is 26.3 Å². The number of imide groups is 1. The Hall–Kier alpha value is -4.54. The first kappa shape index (κ1) is 21.3. The maximum Gasteiger partial charge on any atom is 0.417 e. The van der Waals surface area contributed by atoms with E-state index in [-0.39, 0.29) is 33.8 Å². The Morgan fingerprint density at radius 2 is 1.50 bits per heavy atom. The van der Waals surface area contributed by atoms with Crippen LogP contribution in [0.25, 0.3) is 16.8 Å². The minimum absolute atomic E-state index is 0.0244. The van der Waals surface area contributed by atoms with Crippen molar-refractivity contribution in [3.63, 3.8) is 0 Å². The minimum atomic E-state index is -4.53. The summed E-state index contributed by atoms with van der Waals surface area (Å²) in [5.41, 5.74) is 0.168. The monoisotopic (exact) mass is 465 g/mol. The lowest BCUT2D eigenvalue weighted by Crippen LogP contribution is -2.37. The number of pyridine rings is 1. The molecule has 0 bridgehead atoms. The van der Waals surface area contributed by atoms with Crippen LogP contribution in [0.15, 0.2) is 66.9 Å². The Bertz CT molecular complexity index is 1440. The van der Waals surface area contributed by atoms with Gasteiger partial charge in [0.15, 0.2) is 5.65 Å². The number of benzene rings is 2. The highest BCUT2D eigenvalue weighted by molar-refractivity contribution is 6.22. The number of nitrogens with one attached hydrogen (secondary N) is 1. The summed E-state index contributed by atoms with van der Waals surface area (Å²) in [6.07, 6.45) is -3.16. The third-order valence-electron chi connectivity index (χ3n) is 5.31. The van der Waals surface area contributed by atoms with Gasteiger partial charge in [0.1, 0.15) is 6.54 Å². The molecule has 34 heavy (non-hydrogen) atoms. The lowest BCUT2D eigenvalue weighted by atomic mass is 10.0. The summed E-state index contributed by atoms with van der Waals surface area (Å²) >= 11 is 0. The molecule has 1 aliphatic heterocycles. The van der Waals surface area contributed by atoms with Crippen LogP contribution in [0, 0.1) is 0 Å². The largest absolute Gasteiger partial charge is 0.417 e. The van der Waals surface area contributed by atoms with E-state index >= 15 is 0 Å². The third-order valence-corrected chi connectivity index (χ3v) is 5.31. The smallest absolute Gasteiger partial charge is 0.292 e. The second kappa shape index (κ2) is 7.80. The van der Waals surface area contributed by atoms with E-state index in [0.29, 0.717) is 0 Å². The zero-order chi connectivity index (χ0) is 24.0. The second-order valence-electron chi connectivity index (χ2n) is 7.49. The first-order chi connectivity index (χ1) is 16.2. The molecular weight excluding hydrogens is 451 g/mol. The quantitative estimate of drug-likeness (QED) is 0.464. The van der Waals surface area contributed by atoms with Crippen LogP contribution in [0.2, 0.25) is 0 Å². The molecule has 3 heterocycles. The van der Waals surface area contributed by atoms with Gasteiger partial charge in [0.2, 0.25) is 11.9 Å². The third kappa shape index (κ3) is 3.66. The van der Waals surface area contributed by atoms with Crippen LogP contribution in [0.3, 0.4) is 0 Å². The highest BCUT2D eigenvalue weighted by Gasteiger charge is 2.36. The van der Waals surface area contributed by atoms with Crippen LogP contribution in [-0.2, 0) is 11.0 Å². The Labute approximate surface area is 189 Å². The number of hydrogen-bond donors (Lipinski definition) is 1. The lowest BCUT2D eigenvalue weighted by Gasteiger charge is -2.12. The van der Waals surface area contributed by atoms with Crippen molar-refractivity contribution in [2.24, 2.45) is 0 Å². The maximum atomic E-state index is 13.4. The average molecular weight is 465 g/mol. The van der Waals surface area contributed by atoms with E-state index in [9.17, 15) is 27.6 Å². The number of fused-ring (bicyclic) bond motifs is 2. The summed E-state index contributed by atoms with van der Waals surface area (Å²) in [4.78, 5) is 42.2. The Balaban J connectivity index is 1.36.